The maximum absolute atomic E-state index is 13.0. The molecule has 0 aliphatic carbocycles. The summed E-state index contributed by atoms with van der Waals surface area (Å²) in [5, 5.41) is 0. The third-order valence-corrected chi connectivity index (χ3v) is 6.58. The van der Waals surface area contributed by atoms with Crippen LogP contribution in [-0.4, -0.2) is 58.4 Å². The molecule has 1 N–H and O–H groups in total. The first-order valence-corrected chi connectivity index (χ1v) is 12.0. The zero-order valence-corrected chi connectivity index (χ0v) is 18.0. The molecule has 2 aromatic rings. The molecule has 1 aliphatic rings. The van der Waals surface area contributed by atoms with Crippen molar-refractivity contribution in [2.45, 2.75) is 16.7 Å². The van der Waals surface area contributed by atoms with E-state index in [2.05, 4.69) is 4.72 Å². The molecule has 0 bridgehead atoms. The van der Waals surface area contributed by atoms with Gasteiger partial charge in [-0.25, -0.2) is 8.42 Å². The molecule has 0 unspecified atom stereocenters. The molecule has 156 valence electrons. The first kappa shape index (κ1) is 21.5. The Morgan fingerprint density at radius 2 is 1.97 bits per heavy atom. The smallest absolute Gasteiger partial charge is 0.261 e. The quantitative estimate of drug-likeness (QED) is 0.672. The minimum atomic E-state index is -3.87. The van der Waals surface area contributed by atoms with Crippen LogP contribution in [-0.2, 0) is 14.8 Å². The molecule has 1 amide bonds. The number of sulfonamides is 1. The Hall–Kier alpha value is -2.23. The van der Waals surface area contributed by atoms with Gasteiger partial charge in [-0.05, 0) is 43.5 Å². The minimum absolute atomic E-state index is 0.0359. The van der Waals surface area contributed by atoms with Gasteiger partial charge in [-0.3, -0.25) is 9.52 Å². The molecular formula is C20H24N2O5S2. The zero-order chi connectivity index (χ0) is 20.9. The summed E-state index contributed by atoms with van der Waals surface area (Å²) in [6.45, 7) is 4.29. The van der Waals surface area contributed by atoms with Gasteiger partial charge in [-0.2, -0.15) is 0 Å². The van der Waals surface area contributed by atoms with Gasteiger partial charge in [0.2, 0.25) is 0 Å². The molecule has 0 spiro atoms. The highest BCUT2D eigenvalue weighted by molar-refractivity contribution is 7.98. The van der Waals surface area contributed by atoms with Crippen LogP contribution in [0.3, 0.4) is 0 Å². The van der Waals surface area contributed by atoms with E-state index >= 15 is 0 Å². The Labute approximate surface area is 175 Å². The molecule has 9 heteroatoms. The Kier molecular flexibility index (Phi) is 7.05. The lowest BCUT2D eigenvalue weighted by molar-refractivity contribution is 0.0300. The van der Waals surface area contributed by atoms with Gasteiger partial charge in [0.25, 0.3) is 15.9 Å². The summed E-state index contributed by atoms with van der Waals surface area (Å²) in [7, 11) is -3.87. The van der Waals surface area contributed by atoms with Crippen molar-refractivity contribution in [1.82, 2.24) is 4.90 Å². The number of nitrogens with zero attached hydrogens (tertiary/aromatic N) is 1. The monoisotopic (exact) mass is 436 g/mol. The molecule has 7 nitrogen and oxygen atoms in total. The molecule has 0 saturated carbocycles. The highest BCUT2D eigenvalue weighted by Gasteiger charge is 2.24. The third kappa shape index (κ3) is 5.23. The summed E-state index contributed by atoms with van der Waals surface area (Å²) in [4.78, 5) is 15.4. The Morgan fingerprint density at radius 3 is 2.66 bits per heavy atom. The molecule has 1 saturated heterocycles. The van der Waals surface area contributed by atoms with E-state index in [0.717, 1.165) is 4.90 Å². The van der Waals surface area contributed by atoms with Gasteiger partial charge >= 0.3 is 0 Å². The van der Waals surface area contributed by atoms with Gasteiger partial charge in [-0.15, -0.1) is 11.8 Å². The number of nitrogens with one attached hydrogen (secondary N) is 1. The standard InChI is InChI=1S/C20H24N2O5S2/c1-3-27-16-6-4-5-15(13-16)21-29(24,25)17-7-8-19(28-2)18(14-17)20(23)22-9-11-26-12-10-22/h4-8,13-14,21H,3,9-12H2,1-2H3. The topological polar surface area (TPSA) is 84.9 Å². The molecule has 0 aromatic heterocycles. The average Bonchev–Trinajstić information content (AvgIpc) is 2.73. The number of carbonyl (C=O) groups is 1. The van der Waals surface area contributed by atoms with Gasteiger partial charge in [0.1, 0.15) is 5.75 Å². The predicted molar refractivity (Wildman–Crippen MR) is 113 cm³/mol. The molecule has 29 heavy (non-hydrogen) atoms. The van der Waals surface area contributed by atoms with E-state index in [4.69, 9.17) is 9.47 Å². The van der Waals surface area contributed by atoms with E-state index in [-0.39, 0.29) is 10.8 Å². The fourth-order valence-corrected chi connectivity index (χ4v) is 4.63. The lowest BCUT2D eigenvalue weighted by Gasteiger charge is -2.27. The normalized spacial score (nSPS) is 14.5. The first-order valence-electron chi connectivity index (χ1n) is 9.25. The Balaban J connectivity index is 1.89. The van der Waals surface area contributed by atoms with Crippen molar-refractivity contribution >= 4 is 33.4 Å². The fourth-order valence-electron chi connectivity index (χ4n) is 2.99. The van der Waals surface area contributed by atoms with Crippen molar-refractivity contribution in [2.75, 3.05) is 43.9 Å². The lowest BCUT2D eigenvalue weighted by Crippen LogP contribution is -2.40. The molecule has 1 aliphatic heterocycles. The summed E-state index contributed by atoms with van der Waals surface area (Å²) in [5.74, 6) is 0.390. The molecule has 2 aromatic carbocycles. The first-order chi connectivity index (χ1) is 13.9. The third-order valence-electron chi connectivity index (χ3n) is 4.41. The van der Waals surface area contributed by atoms with E-state index < -0.39 is 10.0 Å². The number of amides is 1. The summed E-state index contributed by atoms with van der Waals surface area (Å²) < 4.78 is 39.1. The van der Waals surface area contributed by atoms with Crippen LogP contribution < -0.4 is 9.46 Å². The van der Waals surface area contributed by atoms with E-state index in [1.165, 1.54) is 23.9 Å². The second kappa shape index (κ2) is 9.51. The summed E-state index contributed by atoms with van der Waals surface area (Å²) >= 11 is 1.41. The van der Waals surface area contributed by atoms with Crippen molar-refractivity contribution < 1.29 is 22.7 Å². The second-order valence-corrected chi connectivity index (χ2v) is 8.86. The van der Waals surface area contributed by atoms with E-state index in [1.807, 2.05) is 13.2 Å². The van der Waals surface area contributed by atoms with E-state index in [1.54, 1.807) is 35.2 Å². The summed E-state index contributed by atoms with van der Waals surface area (Å²) in [5.41, 5.74) is 0.774. The van der Waals surface area contributed by atoms with Crippen molar-refractivity contribution in [2.24, 2.45) is 0 Å². The highest BCUT2D eigenvalue weighted by Crippen LogP contribution is 2.27. The number of hydrogen-bond donors (Lipinski definition) is 1. The maximum atomic E-state index is 13.0. The minimum Gasteiger partial charge on any atom is -0.494 e. The van der Waals surface area contributed by atoms with Crippen LogP contribution in [0.4, 0.5) is 5.69 Å². The number of morpholine rings is 1. The van der Waals surface area contributed by atoms with Crippen LogP contribution in [0, 0.1) is 0 Å². The van der Waals surface area contributed by atoms with Gasteiger partial charge < -0.3 is 14.4 Å². The Morgan fingerprint density at radius 1 is 1.21 bits per heavy atom. The molecular weight excluding hydrogens is 412 g/mol. The van der Waals surface area contributed by atoms with Gasteiger partial charge in [0.15, 0.2) is 0 Å². The van der Waals surface area contributed by atoms with Crippen molar-refractivity contribution in [3.63, 3.8) is 0 Å². The number of ether oxygens (including phenoxy) is 2. The molecule has 0 atom stereocenters. The van der Waals surface area contributed by atoms with Crippen LogP contribution in [0.1, 0.15) is 17.3 Å². The van der Waals surface area contributed by atoms with E-state index in [0.29, 0.717) is 49.9 Å². The molecule has 0 radical (unpaired) electrons. The van der Waals surface area contributed by atoms with Crippen molar-refractivity contribution in [3.05, 3.63) is 48.0 Å². The maximum Gasteiger partial charge on any atom is 0.261 e. The lowest BCUT2D eigenvalue weighted by atomic mass is 10.2. The largest absolute Gasteiger partial charge is 0.494 e. The summed E-state index contributed by atoms with van der Waals surface area (Å²) in [6, 6.07) is 11.4. The van der Waals surface area contributed by atoms with Gasteiger partial charge in [0.05, 0.1) is 36.0 Å². The summed E-state index contributed by atoms with van der Waals surface area (Å²) in [6.07, 6.45) is 1.86. The van der Waals surface area contributed by atoms with Crippen LogP contribution >= 0.6 is 11.8 Å². The van der Waals surface area contributed by atoms with Crippen LogP contribution in [0.15, 0.2) is 52.3 Å². The van der Waals surface area contributed by atoms with Crippen molar-refractivity contribution in [3.8, 4) is 5.75 Å². The molecule has 3 rings (SSSR count). The number of benzene rings is 2. The highest BCUT2D eigenvalue weighted by atomic mass is 32.2. The average molecular weight is 437 g/mol. The van der Waals surface area contributed by atoms with E-state index in [9.17, 15) is 13.2 Å². The second-order valence-electron chi connectivity index (χ2n) is 6.33. The number of anilines is 1. The number of carbonyl (C=O) groups excluding carboxylic acids is 1. The van der Waals surface area contributed by atoms with Crippen LogP contribution in [0.5, 0.6) is 5.75 Å². The predicted octanol–water partition coefficient (Wildman–Crippen LogP) is 3.08. The Bertz CT molecular complexity index is 973. The number of thioether (sulfide) groups is 1. The number of rotatable bonds is 7. The van der Waals surface area contributed by atoms with Crippen LogP contribution in [0.25, 0.3) is 0 Å². The van der Waals surface area contributed by atoms with Crippen molar-refractivity contribution in [1.29, 1.82) is 0 Å². The number of hydrogen-bond acceptors (Lipinski definition) is 6. The molecule has 1 heterocycles. The molecule has 1 fully saturated rings. The fraction of sp³-hybridized carbons (Fsp3) is 0.350. The van der Waals surface area contributed by atoms with Crippen LogP contribution in [0.2, 0.25) is 0 Å². The zero-order valence-electron chi connectivity index (χ0n) is 16.4. The SMILES string of the molecule is CCOc1cccc(NS(=O)(=O)c2ccc(SC)c(C(=O)N3CCOCC3)c2)c1. The van der Waals surface area contributed by atoms with Gasteiger partial charge in [-0.1, -0.05) is 6.07 Å². The van der Waals surface area contributed by atoms with Gasteiger partial charge in [0, 0.05) is 24.1 Å².